The van der Waals surface area contributed by atoms with E-state index in [2.05, 4.69) is 5.32 Å². The number of aliphatic hydroxyl groups is 3. The van der Waals surface area contributed by atoms with Gasteiger partial charge in [0, 0.05) is 6.92 Å². The lowest BCUT2D eigenvalue weighted by Gasteiger charge is -2.42. The van der Waals surface area contributed by atoms with Gasteiger partial charge in [0.1, 0.15) is 30.5 Å². The van der Waals surface area contributed by atoms with E-state index in [0.717, 1.165) is 0 Å². The van der Waals surface area contributed by atoms with Gasteiger partial charge in [0.05, 0.1) is 6.61 Å². The van der Waals surface area contributed by atoms with E-state index < -0.39 is 49.3 Å². The van der Waals surface area contributed by atoms with Crippen LogP contribution in [0.1, 0.15) is 13.8 Å². The number of hydrogen-bond acceptors (Lipinski definition) is 7. The average molecular weight is 276 g/mol. The first-order valence-corrected chi connectivity index (χ1v) is 5.83. The molecule has 109 valence electrons. The van der Waals surface area contributed by atoms with E-state index in [1.807, 2.05) is 0 Å². The molecule has 1 radical (unpaired) electrons. The average Bonchev–Trinajstić information content (AvgIpc) is 2.36. The van der Waals surface area contributed by atoms with Crippen molar-refractivity contribution in [2.45, 2.75) is 50.6 Å². The van der Waals surface area contributed by atoms with Crippen LogP contribution < -0.4 is 5.32 Å². The van der Waals surface area contributed by atoms with E-state index >= 15 is 0 Å². The van der Waals surface area contributed by atoms with Gasteiger partial charge in [-0.2, -0.15) is 0 Å². The second-order valence-corrected chi connectivity index (χ2v) is 4.33. The number of nitrogens with one attached hydrogen (secondary N) is 1. The van der Waals surface area contributed by atoms with E-state index in [1.54, 1.807) is 6.29 Å². The molecular weight excluding hydrogens is 258 g/mol. The van der Waals surface area contributed by atoms with Crippen LogP contribution in [0.2, 0.25) is 0 Å². The molecule has 0 aliphatic carbocycles. The van der Waals surface area contributed by atoms with E-state index in [9.17, 15) is 19.8 Å². The molecule has 8 heteroatoms. The van der Waals surface area contributed by atoms with Crippen LogP contribution >= 0.6 is 0 Å². The van der Waals surface area contributed by atoms with Crippen molar-refractivity contribution in [1.82, 2.24) is 5.32 Å². The van der Waals surface area contributed by atoms with Crippen molar-refractivity contribution >= 4 is 12.2 Å². The summed E-state index contributed by atoms with van der Waals surface area (Å²) in [5, 5.41) is 31.1. The maximum absolute atomic E-state index is 11.1. The summed E-state index contributed by atoms with van der Waals surface area (Å²) in [5.74, 6) is -0.460. The van der Waals surface area contributed by atoms with Crippen LogP contribution in [0.3, 0.4) is 0 Å². The minimum absolute atomic E-state index is 0.460. The molecular formula is C11H18NO7. The SMILES string of the molecule is CC(=O)N[C@@H]1[C@@H](OC(C)[C]=O)[C@H](O)[C@@H](CO)O[C@@H]1O. The van der Waals surface area contributed by atoms with Crippen molar-refractivity contribution < 1.29 is 34.4 Å². The molecule has 0 aromatic carbocycles. The Morgan fingerprint density at radius 3 is 2.63 bits per heavy atom. The Labute approximate surface area is 110 Å². The molecule has 0 aromatic heterocycles. The first-order chi connectivity index (χ1) is 8.90. The van der Waals surface area contributed by atoms with Crippen molar-refractivity contribution in [3.8, 4) is 0 Å². The molecule has 0 saturated carbocycles. The molecule has 1 unspecified atom stereocenters. The minimum Gasteiger partial charge on any atom is -0.394 e. The molecule has 0 bridgehead atoms. The highest BCUT2D eigenvalue weighted by atomic mass is 16.6. The third-order valence-corrected chi connectivity index (χ3v) is 2.77. The van der Waals surface area contributed by atoms with Gasteiger partial charge in [0.2, 0.25) is 12.2 Å². The largest absolute Gasteiger partial charge is 0.394 e. The van der Waals surface area contributed by atoms with Crippen molar-refractivity contribution in [1.29, 1.82) is 0 Å². The van der Waals surface area contributed by atoms with Crippen molar-refractivity contribution in [3.63, 3.8) is 0 Å². The highest BCUT2D eigenvalue weighted by molar-refractivity contribution is 5.73. The van der Waals surface area contributed by atoms with Gasteiger partial charge < -0.3 is 30.1 Å². The molecule has 0 aromatic rings. The van der Waals surface area contributed by atoms with Gasteiger partial charge in [-0.15, -0.1) is 0 Å². The van der Waals surface area contributed by atoms with E-state index in [0.29, 0.717) is 0 Å². The second-order valence-electron chi connectivity index (χ2n) is 4.33. The summed E-state index contributed by atoms with van der Waals surface area (Å²) in [5.41, 5.74) is 0. The van der Waals surface area contributed by atoms with E-state index in [1.165, 1.54) is 13.8 Å². The molecule has 1 rings (SSSR count). The van der Waals surface area contributed by atoms with Crippen molar-refractivity contribution in [3.05, 3.63) is 0 Å². The zero-order valence-corrected chi connectivity index (χ0v) is 10.6. The lowest BCUT2D eigenvalue weighted by Crippen LogP contribution is -2.65. The number of amides is 1. The Morgan fingerprint density at radius 2 is 2.16 bits per heavy atom. The highest BCUT2D eigenvalue weighted by Gasteiger charge is 2.46. The number of ether oxygens (including phenoxy) is 2. The Kier molecular flexibility index (Phi) is 5.83. The maximum atomic E-state index is 11.1. The van der Waals surface area contributed by atoms with Crippen LogP contribution in [0.5, 0.6) is 0 Å². The number of carbonyl (C=O) groups is 1. The first-order valence-electron chi connectivity index (χ1n) is 5.83. The zero-order chi connectivity index (χ0) is 14.6. The fourth-order valence-electron chi connectivity index (χ4n) is 1.90. The van der Waals surface area contributed by atoms with Gasteiger partial charge in [-0.05, 0) is 6.92 Å². The number of rotatable bonds is 5. The van der Waals surface area contributed by atoms with Gasteiger partial charge in [0.25, 0.3) is 0 Å². The van der Waals surface area contributed by atoms with E-state index in [4.69, 9.17) is 14.6 Å². The lowest BCUT2D eigenvalue weighted by atomic mass is 9.96. The standard InChI is InChI=1S/C11H18NO7/c1-5(3-13)18-10-8(12-6(2)15)11(17)19-7(4-14)9(10)16/h5,7-11,14,16-17H,4H2,1-2H3,(H,12,15)/t5?,7-,8-,9-,10-,11+/m1/s1. The van der Waals surface area contributed by atoms with Crippen LogP contribution in [0.4, 0.5) is 0 Å². The monoisotopic (exact) mass is 276 g/mol. The molecule has 1 amide bonds. The fourth-order valence-corrected chi connectivity index (χ4v) is 1.90. The zero-order valence-electron chi connectivity index (χ0n) is 10.6. The van der Waals surface area contributed by atoms with Crippen LogP contribution in [-0.2, 0) is 19.1 Å². The molecule has 1 saturated heterocycles. The van der Waals surface area contributed by atoms with Crippen LogP contribution in [-0.4, -0.2) is 70.9 Å². The molecule has 1 fully saturated rings. The van der Waals surface area contributed by atoms with Gasteiger partial charge in [-0.1, -0.05) is 0 Å². The van der Waals surface area contributed by atoms with Crippen molar-refractivity contribution in [2.75, 3.05) is 6.61 Å². The molecule has 1 heterocycles. The Morgan fingerprint density at radius 1 is 1.53 bits per heavy atom. The summed E-state index contributed by atoms with van der Waals surface area (Å²) in [6, 6.07) is -1.05. The summed E-state index contributed by atoms with van der Waals surface area (Å²) < 4.78 is 10.2. The highest BCUT2D eigenvalue weighted by Crippen LogP contribution is 2.23. The molecule has 8 nitrogen and oxygen atoms in total. The topological polar surface area (TPSA) is 125 Å². The van der Waals surface area contributed by atoms with Gasteiger partial charge in [-0.3, -0.25) is 9.59 Å². The molecule has 6 atom stereocenters. The minimum atomic E-state index is -1.46. The van der Waals surface area contributed by atoms with Gasteiger partial charge in [0.15, 0.2) is 6.29 Å². The normalized spacial score (nSPS) is 36.6. The number of hydrogen-bond donors (Lipinski definition) is 4. The summed E-state index contributed by atoms with van der Waals surface area (Å²) in [7, 11) is 0. The third-order valence-electron chi connectivity index (χ3n) is 2.77. The third kappa shape index (κ3) is 3.95. The summed E-state index contributed by atoms with van der Waals surface area (Å²) >= 11 is 0. The maximum Gasteiger partial charge on any atom is 0.229 e. The molecule has 19 heavy (non-hydrogen) atoms. The molecule has 4 N–H and O–H groups in total. The van der Waals surface area contributed by atoms with Crippen molar-refractivity contribution in [2.24, 2.45) is 0 Å². The quantitative estimate of drug-likeness (QED) is 0.435. The molecule has 0 spiro atoms. The summed E-state index contributed by atoms with van der Waals surface area (Å²) in [4.78, 5) is 21.6. The summed E-state index contributed by atoms with van der Waals surface area (Å²) in [6.45, 7) is 2.09. The predicted octanol–water partition coefficient (Wildman–Crippen LogP) is -2.56. The Hall–Kier alpha value is -1.06. The van der Waals surface area contributed by atoms with Crippen LogP contribution in [0.25, 0.3) is 0 Å². The Bertz CT molecular complexity index is 324. The van der Waals surface area contributed by atoms with Crippen LogP contribution in [0.15, 0.2) is 0 Å². The molecule has 1 aliphatic rings. The fraction of sp³-hybridized carbons (Fsp3) is 0.818. The van der Waals surface area contributed by atoms with Gasteiger partial charge in [-0.25, -0.2) is 0 Å². The van der Waals surface area contributed by atoms with Gasteiger partial charge >= 0.3 is 0 Å². The van der Waals surface area contributed by atoms with Crippen LogP contribution in [0, 0.1) is 0 Å². The lowest BCUT2D eigenvalue weighted by molar-refractivity contribution is -0.264. The second kappa shape index (κ2) is 6.92. The number of aliphatic hydroxyl groups excluding tert-OH is 3. The molecule has 1 aliphatic heterocycles. The summed E-state index contributed by atoms with van der Waals surface area (Å²) in [6.07, 6.45) is -4.32. The Balaban J connectivity index is 2.89. The smallest absolute Gasteiger partial charge is 0.229 e. The predicted molar refractivity (Wildman–Crippen MR) is 61.6 cm³/mol. The number of carbonyl (C=O) groups excluding carboxylic acids is 2. The van der Waals surface area contributed by atoms with E-state index in [-0.39, 0.29) is 0 Å². The first kappa shape index (κ1) is 16.0.